The molecule has 1 unspecified atom stereocenters. The van der Waals surface area contributed by atoms with Crippen LogP contribution in [0.3, 0.4) is 0 Å². The van der Waals surface area contributed by atoms with E-state index >= 15 is 0 Å². The molecule has 1 aromatic rings. The van der Waals surface area contributed by atoms with Gasteiger partial charge < -0.3 is 14.7 Å². The van der Waals surface area contributed by atoms with Gasteiger partial charge in [0.05, 0.1) is 23.2 Å². The second-order valence-electron chi connectivity index (χ2n) is 7.58. The summed E-state index contributed by atoms with van der Waals surface area (Å²) in [4.78, 5) is 24.9. The summed E-state index contributed by atoms with van der Waals surface area (Å²) in [7, 11) is 1.92. The first-order valence-corrected chi connectivity index (χ1v) is 10.3. The fraction of sp³-hybridized carbons (Fsp3) is 0.667. The Morgan fingerprint density at radius 1 is 1.29 bits per heavy atom. The minimum atomic E-state index is -0.982. The molecule has 1 fully saturated rings. The number of aliphatic hydroxyl groups is 1. The second kappa shape index (κ2) is 11.0. The van der Waals surface area contributed by atoms with Crippen molar-refractivity contribution in [1.29, 1.82) is 0 Å². The Balaban J connectivity index is 1.72. The van der Waals surface area contributed by atoms with Crippen molar-refractivity contribution >= 4 is 11.6 Å². The average Bonchev–Trinajstić information content (AvgIpc) is 2.69. The van der Waals surface area contributed by atoms with Crippen LogP contribution in [0.5, 0.6) is 5.75 Å². The number of unbranched alkanes of at least 4 members (excludes halogenated alkanes) is 2. The molecule has 28 heavy (non-hydrogen) atoms. The van der Waals surface area contributed by atoms with Gasteiger partial charge in [-0.3, -0.25) is 14.9 Å². The molecule has 1 amide bonds. The van der Waals surface area contributed by atoms with Crippen LogP contribution in [0, 0.1) is 10.1 Å². The standard InChI is InChI=1S/C21H32N2O5/c1-16(24)21-18(23(26)27)12-9-13-19(21)28-15-8-4-7-14-20(25)22(2)17-10-5-3-6-11-17/h9,12-13,16-17,24H,3-8,10-11,14-15H2,1-2H3. The van der Waals surface area contributed by atoms with E-state index in [4.69, 9.17) is 4.74 Å². The van der Waals surface area contributed by atoms with Gasteiger partial charge in [-0.2, -0.15) is 0 Å². The fourth-order valence-corrected chi connectivity index (χ4v) is 3.82. The number of hydrogen-bond donors (Lipinski definition) is 1. The van der Waals surface area contributed by atoms with Crippen LogP contribution in [-0.4, -0.2) is 40.5 Å². The van der Waals surface area contributed by atoms with E-state index in [1.807, 2.05) is 11.9 Å². The molecule has 0 aliphatic heterocycles. The number of ether oxygens (including phenoxy) is 1. The van der Waals surface area contributed by atoms with E-state index in [0.29, 0.717) is 24.8 Å². The summed E-state index contributed by atoms with van der Waals surface area (Å²) in [6, 6.07) is 4.96. The minimum absolute atomic E-state index is 0.135. The Hall–Kier alpha value is -2.15. The summed E-state index contributed by atoms with van der Waals surface area (Å²) in [5.41, 5.74) is 0.0700. The number of amides is 1. The van der Waals surface area contributed by atoms with Crippen molar-refractivity contribution in [3.63, 3.8) is 0 Å². The third-order valence-electron chi connectivity index (χ3n) is 5.47. The van der Waals surface area contributed by atoms with Crippen molar-refractivity contribution in [3.8, 4) is 5.75 Å². The van der Waals surface area contributed by atoms with Gasteiger partial charge in [0.15, 0.2) is 0 Å². The van der Waals surface area contributed by atoms with Crippen LogP contribution in [0.25, 0.3) is 0 Å². The Bertz CT molecular complexity index is 656. The smallest absolute Gasteiger partial charge is 0.278 e. The Morgan fingerprint density at radius 2 is 2.00 bits per heavy atom. The molecule has 1 atom stereocenters. The van der Waals surface area contributed by atoms with Crippen LogP contribution < -0.4 is 4.74 Å². The summed E-state index contributed by atoms with van der Waals surface area (Å²) in [6.45, 7) is 1.89. The molecule has 7 heteroatoms. The zero-order chi connectivity index (χ0) is 20.5. The van der Waals surface area contributed by atoms with Crippen LogP contribution in [0.15, 0.2) is 18.2 Å². The lowest BCUT2D eigenvalue weighted by molar-refractivity contribution is -0.386. The molecule has 1 saturated carbocycles. The minimum Gasteiger partial charge on any atom is -0.493 e. The number of nitro benzene ring substituents is 1. The molecule has 0 aromatic heterocycles. The summed E-state index contributed by atoms with van der Waals surface area (Å²) in [5.74, 6) is 0.556. The van der Waals surface area contributed by atoms with Gasteiger partial charge >= 0.3 is 0 Å². The van der Waals surface area contributed by atoms with E-state index in [1.54, 1.807) is 12.1 Å². The average molecular weight is 392 g/mol. The summed E-state index contributed by atoms with van der Waals surface area (Å²) in [6.07, 6.45) is 7.91. The SMILES string of the molecule is CC(O)c1c(OCCCCCC(=O)N(C)C2CCCCC2)cccc1[N+](=O)[O-]. The third-order valence-corrected chi connectivity index (χ3v) is 5.47. The van der Waals surface area contributed by atoms with Crippen LogP contribution in [-0.2, 0) is 4.79 Å². The lowest BCUT2D eigenvalue weighted by Crippen LogP contribution is -2.38. The predicted octanol–water partition coefficient (Wildman–Crippen LogP) is 4.38. The number of benzene rings is 1. The molecule has 0 bridgehead atoms. The van der Waals surface area contributed by atoms with Gasteiger partial charge in [-0.1, -0.05) is 25.3 Å². The van der Waals surface area contributed by atoms with Crippen LogP contribution in [0.4, 0.5) is 5.69 Å². The van der Waals surface area contributed by atoms with Crippen molar-refractivity contribution in [1.82, 2.24) is 4.90 Å². The monoisotopic (exact) mass is 392 g/mol. The molecule has 156 valence electrons. The first kappa shape index (κ1) is 22.1. The largest absolute Gasteiger partial charge is 0.493 e. The van der Waals surface area contributed by atoms with Crippen molar-refractivity contribution in [2.75, 3.05) is 13.7 Å². The lowest BCUT2D eigenvalue weighted by Gasteiger charge is -2.31. The lowest BCUT2D eigenvalue weighted by atomic mass is 9.94. The highest BCUT2D eigenvalue weighted by Crippen LogP contribution is 2.33. The molecule has 0 spiro atoms. The number of nitro groups is 1. The van der Waals surface area contributed by atoms with Gasteiger partial charge in [-0.15, -0.1) is 0 Å². The van der Waals surface area contributed by atoms with Crippen molar-refractivity contribution in [3.05, 3.63) is 33.9 Å². The number of carbonyl (C=O) groups excluding carboxylic acids is 1. The first-order valence-electron chi connectivity index (χ1n) is 10.3. The number of aliphatic hydroxyl groups excluding tert-OH is 1. The molecule has 1 N–H and O–H groups in total. The zero-order valence-corrected chi connectivity index (χ0v) is 16.9. The summed E-state index contributed by atoms with van der Waals surface area (Å²) in [5, 5.41) is 21.0. The van der Waals surface area contributed by atoms with E-state index in [1.165, 1.54) is 32.3 Å². The molecular weight excluding hydrogens is 360 g/mol. The highest BCUT2D eigenvalue weighted by molar-refractivity contribution is 5.76. The molecule has 1 aliphatic rings. The van der Waals surface area contributed by atoms with Crippen LogP contribution in [0.1, 0.15) is 76.4 Å². The Kier molecular flexibility index (Phi) is 8.70. The third kappa shape index (κ3) is 6.19. The van der Waals surface area contributed by atoms with E-state index in [9.17, 15) is 20.0 Å². The second-order valence-corrected chi connectivity index (χ2v) is 7.58. The Labute approximate surface area is 166 Å². The van der Waals surface area contributed by atoms with Crippen LogP contribution >= 0.6 is 0 Å². The fourth-order valence-electron chi connectivity index (χ4n) is 3.82. The maximum Gasteiger partial charge on any atom is 0.278 e. The van der Waals surface area contributed by atoms with Gasteiger partial charge in [0.2, 0.25) is 5.91 Å². The molecule has 0 saturated heterocycles. The van der Waals surface area contributed by atoms with E-state index in [2.05, 4.69) is 0 Å². The summed E-state index contributed by atoms with van der Waals surface area (Å²) >= 11 is 0. The van der Waals surface area contributed by atoms with Crippen molar-refractivity contribution < 1.29 is 19.6 Å². The normalized spacial score (nSPS) is 15.8. The molecule has 7 nitrogen and oxygen atoms in total. The number of rotatable bonds is 10. The van der Waals surface area contributed by atoms with Gasteiger partial charge in [0.25, 0.3) is 5.69 Å². The molecular formula is C21H32N2O5. The first-order chi connectivity index (χ1) is 13.4. The van der Waals surface area contributed by atoms with Crippen molar-refractivity contribution in [2.45, 2.75) is 76.9 Å². The van der Waals surface area contributed by atoms with E-state index < -0.39 is 11.0 Å². The van der Waals surface area contributed by atoms with Gasteiger partial charge in [-0.25, -0.2) is 0 Å². The molecule has 0 heterocycles. The maximum atomic E-state index is 12.3. The number of hydrogen-bond acceptors (Lipinski definition) is 5. The van der Waals surface area contributed by atoms with Gasteiger partial charge in [0.1, 0.15) is 5.75 Å². The molecule has 0 radical (unpaired) electrons. The molecule has 2 rings (SSSR count). The Morgan fingerprint density at radius 3 is 2.64 bits per heavy atom. The predicted molar refractivity (Wildman–Crippen MR) is 107 cm³/mol. The molecule has 1 aliphatic carbocycles. The van der Waals surface area contributed by atoms with E-state index in [0.717, 1.165) is 32.1 Å². The van der Waals surface area contributed by atoms with Gasteiger partial charge in [0, 0.05) is 25.6 Å². The zero-order valence-electron chi connectivity index (χ0n) is 16.9. The highest BCUT2D eigenvalue weighted by Gasteiger charge is 2.23. The van der Waals surface area contributed by atoms with Crippen molar-refractivity contribution in [2.24, 2.45) is 0 Å². The quantitative estimate of drug-likeness (QED) is 0.362. The number of nitrogens with zero attached hydrogens (tertiary/aromatic N) is 2. The topological polar surface area (TPSA) is 92.9 Å². The summed E-state index contributed by atoms with van der Waals surface area (Å²) < 4.78 is 5.68. The van der Waals surface area contributed by atoms with Crippen LogP contribution in [0.2, 0.25) is 0 Å². The van der Waals surface area contributed by atoms with E-state index in [-0.39, 0.29) is 17.2 Å². The molecule has 1 aromatic carbocycles. The number of carbonyl (C=O) groups is 1. The maximum absolute atomic E-state index is 12.3. The van der Waals surface area contributed by atoms with Gasteiger partial charge in [-0.05, 0) is 45.1 Å². The highest BCUT2D eigenvalue weighted by atomic mass is 16.6.